The first-order valence-electron chi connectivity index (χ1n) is 12.1. The second kappa shape index (κ2) is 11.0. The van der Waals surface area contributed by atoms with E-state index in [1.165, 1.54) is 25.7 Å². The van der Waals surface area contributed by atoms with Crippen molar-refractivity contribution in [3.63, 3.8) is 0 Å². The van der Waals surface area contributed by atoms with E-state index in [9.17, 15) is 26.7 Å². The number of aliphatic hydroxyl groups is 1. The molecule has 13 nitrogen and oxygen atoms in total. The monoisotopic (exact) mass is 596 g/mol. The number of hydrogen-bond acceptors (Lipinski definition) is 10. The molecule has 220 valence electrons. The number of ether oxygens (including phenoxy) is 2. The number of alkyl halides is 3. The van der Waals surface area contributed by atoms with Crippen LogP contribution in [0.3, 0.4) is 0 Å². The molecule has 0 saturated carbocycles. The lowest BCUT2D eigenvalue weighted by Gasteiger charge is -2.33. The Morgan fingerprint density at radius 1 is 1.07 bits per heavy atom. The lowest BCUT2D eigenvalue weighted by Crippen LogP contribution is -2.55. The number of hydrogen-bond donors (Lipinski definition) is 2. The van der Waals surface area contributed by atoms with Gasteiger partial charge in [0.2, 0.25) is 21.6 Å². The Bertz CT molecular complexity index is 1620. The van der Waals surface area contributed by atoms with Gasteiger partial charge in [-0.2, -0.15) is 18.3 Å². The third kappa shape index (κ3) is 5.29. The Balaban J connectivity index is 1.90. The van der Waals surface area contributed by atoms with E-state index in [2.05, 4.69) is 30.0 Å². The van der Waals surface area contributed by atoms with Gasteiger partial charge in [-0.3, -0.25) is 14.0 Å². The molecule has 3 heterocycles. The van der Waals surface area contributed by atoms with Crippen LogP contribution in [0.15, 0.2) is 42.9 Å². The molecule has 0 amide bonds. The van der Waals surface area contributed by atoms with Gasteiger partial charge in [-0.25, -0.2) is 18.4 Å². The van der Waals surface area contributed by atoms with Crippen molar-refractivity contribution in [2.75, 3.05) is 18.9 Å². The Morgan fingerprint density at radius 3 is 2.20 bits per heavy atom. The fourth-order valence-corrected chi connectivity index (χ4v) is 5.26. The molecule has 0 aliphatic heterocycles. The summed E-state index contributed by atoms with van der Waals surface area (Å²) in [5, 5.41) is 20.7. The summed E-state index contributed by atoms with van der Waals surface area (Å²) in [6.07, 6.45) is -1.74. The zero-order chi connectivity index (χ0) is 30.2. The van der Waals surface area contributed by atoms with Crippen molar-refractivity contribution in [2.45, 2.75) is 44.3 Å². The van der Waals surface area contributed by atoms with Crippen molar-refractivity contribution in [1.82, 2.24) is 34.5 Å². The lowest BCUT2D eigenvalue weighted by atomic mass is 9.98. The topological polar surface area (TPSA) is 159 Å². The molecule has 1 aromatic carbocycles. The normalized spacial score (nSPS) is 14.4. The quantitative estimate of drug-likeness (QED) is 0.279. The number of rotatable bonds is 10. The number of para-hydroxylation sites is 1. The van der Waals surface area contributed by atoms with Gasteiger partial charge >= 0.3 is 6.18 Å². The molecule has 2 atom stereocenters. The van der Waals surface area contributed by atoms with Crippen LogP contribution in [-0.4, -0.2) is 73.7 Å². The van der Waals surface area contributed by atoms with Crippen LogP contribution in [0.4, 0.5) is 19.1 Å². The molecular formula is C24H27F3N8O5S. The Hall–Kier alpha value is -4.25. The highest BCUT2D eigenvalue weighted by molar-refractivity contribution is 7.93. The molecule has 0 spiro atoms. The van der Waals surface area contributed by atoms with Gasteiger partial charge in [-0.15, -0.1) is 10.2 Å². The largest absolute Gasteiger partial charge is 0.494 e. The third-order valence-electron chi connectivity index (χ3n) is 6.32. The molecule has 0 aliphatic carbocycles. The second-order valence-corrected chi connectivity index (χ2v) is 10.9. The average Bonchev–Trinajstić information content (AvgIpc) is 3.58. The van der Waals surface area contributed by atoms with Crippen molar-refractivity contribution in [3.8, 4) is 28.7 Å². The molecule has 0 saturated heterocycles. The third-order valence-corrected chi connectivity index (χ3v) is 8.06. The van der Waals surface area contributed by atoms with Crippen LogP contribution >= 0.6 is 0 Å². The molecule has 4 aromatic rings. The van der Waals surface area contributed by atoms with Gasteiger partial charge < -0.3 is 14.6 Å². The summed E-state index contributed by atoms with van der Waals surface area (Å²) in [6.45, 7) is 4.58. The smallest absolute Gasteiger partial charge is 0.426 e. The SMILES string of the molecule is CCn1ccc(-c2nnc(NS(=O)(=O)[C@@H](C)[C@@](O)(c3ncc(C)cn3)C(F)(F)F)n2-c2c(OC)cccc2OC)n1. The highest BCUT2D eigenvalue weighted by atomic mass is 32.2. The molecule has 4 rings (SSSR count). The van der Waals surface area contributed by atoms with Gasteiger partial charge in [-0.1, -0.05) is 6.07 Å². The number of sulfonamides is 1. The number of halogens is 3. The Kier molecular flexibility index (Phi) is 7.95. The minimum absolute atomic E-state index is 0.0262. The summed E-state index contributed by atoms with van der Waals surface area (Å²) in [7, 11) is -2.35. The minimum atomic E-state index is -5.48. The van der Waals surface area contributed by atoms with E-state index in [-0.39, 0.29) is 28.7 Å². The fourth-order valence-electron chi connectivity index (χ4n) is 4.01. The van der Waals surface area contributed by atoms with Gasteiger partial charge in [0.15, 0.2) is 11.6 Å². The van der Waals surface area contributed by atoms with E-state index in [1.54, 1.807) is 35.1 Å². The van der Waals surface area contributed by atoms with E-state index in [1.807, 2.05) is 6.92 Å². The molecule has 17 heteroatoms. The van der Waals surface area contributed by atoms with Crippen molar-refractivity contribution in [1.29, 1.82) is 0 Å². The summed E-state index contributed by atoms with van der Waals surface area (Å²) in [5.74, 6) is -1.22. The van der Waals surface area contributed by atoms with Crippen LogP contribution in [0.1, 0.15) is 25.2 Å². The predicted molar refractivity (Wildman–Crippen MR) is 140 cm³/mol. The minimum Gasteiger partial charge on any atom is -0.494 e. The summed E-state index contributed by atoms with van der Waals surface area (Å²) in [6, 6.07) is 6.34. The standard InChI is InChI=1S/C24H27F3N8O5S/c1-6-34-11-10-16(32-34)20-30-31-22(35(20)19-17(39-4)8-7-9-18(19)40-5)33-41(37,38)15(3)23(36,24(25,26)27)21-28-12-14(2)13-29-21/h7-13,15,36H,6H2,1-5H3,(H,31,33)/t15-,23+/m0/s1. The van der Waals surface area contributed by atoms with Crippen molar-refractivity contribution < 1.29 is 36.2 Å². The highest BCUT2D eigenvalue weighted by Gasteiger charge is 2.64. The molecule has 0 fully saturated rings. The van der Waals surface area contributed by atoms with Gasteiger partial charge in [0.25, 0.3) is 0 Å². The summed E-state index contributed by atoms with van der Waals surface area (Å²) >= 11 is 0. The van der Waals surface area contributed by atoms with Gasteiger partial charge in [0.05, 0.1) is 14.2 Å². The molecule has 0 bridgehead atoms. The molecule has 2 N–H and O–H groups in total. The number of aromatic nitrogens is 7. The first kappa shape index (κ1) is 29.7. The van der Waals surface area contributed by atoms with Gasteiger partial charge in [0, 0.05) is 25.1 Å². The second-order valence-electron chi connectivity index (χ2n) is 8.89. The first-order chi connectivity index (χ1) is 19.3. The van der Waals surface area contributed by atoms with Crippen molar-refractivity contribution in [2.24, 2.45) is 0 Å². The molecule has 0 unspecified atom stereocenters. The zero-order valence-corrected chi connectivity index (χ0v) is 23.4. The van der Waals surface area contributed by atoms with E-state index in [0.29, 0.717) is 19.0 Å². The number of anilines is 1. The molecule has 41 heavy (non-hydrogen) atoms. The number of benzene rings is 1. The Labute approximate surface area is 233 Å². The zero-order valence-electron chi connectivity index (χ0n) is 22.6. The van der Waals surface area contributed by atoms with Crippen LogP contribution < -0.4 is 14.2 Å². The molecule has 3 aromatic heterocycles. The molecular weight excluding hydrogens is 569 g/mol. The van der Waals surface area contributed by atoms with Crippen molar-refractivity contribution in [3.05, 3.63) is 54.2 Å². The summed E-state index contributed by atoms with van der Waals surface area (Å²) in [5.41, 5.74) is -3.17. The number of nitrogens with zero attached hydrogens (tertiary/aromatic N) is 7. The maximum atomic E-state index is 14.3. The number of methoxy groups -OCH3 is 2. The molecule has 0 aliphatic rings. The van der Waals surface area contributed by atoms with Crippen LogP contribution in [0.25, 0.3) is 17.2 Å². The van der Waals surface area contributed by atoms with Crippen LogP contribution in [0, 0.1) is 6.92 Å². The fraction of sp³-hybridized carbons (Fsp3) is 0.375. The van der Waals surface area contributed by atoms with E-state index >= 15 is 0 Å². The Morgan fingerprint density at radius 2 is 1.68 bits per heavy atom. The maximum Gasteiger partial charge on any atom is 0.426 e. The highest BCUT2D eigenvalue weighted by Crippen LogP contribution is 2.43. The van der Waals surface area contributed by atoms with E-state index < -0.39 is 38.8 Å². The average molecular weight is 597 g/mol. The van der Waals surface area contributed by atoms with Crippen LogP contribution in [0.2, 0.25) is 0 Å². The molecule has 0 radical (unpaired) electrons. The number of aryl methyl sites for hydroxylation is 2. The maximum absolute atomic E-state index is 14.3. The lowest BCUT2D eigenvalue weighted by molar-refractivity contribution is -0.268. The first-order valence-corrected chi connectivity index (χ1v) is 13.6. The van der Waals surface area contributed by atoms with E-state index in [4.69, 9.17) is 9.47 Å². The van der Waals surface area contributed by atoms with Crippen LogP contribution in [0.5, 0.6) is 11.5 Å². The van der Waals surface area contributed by atoms with Gasteiger partial charge in [-0.05, 0) is 44.5 Å². The summed E-state index contributed by atoms with van der Waals surface area (Å²) < 4.78 is 85.8. The number of nitrogens with one attached hydrogen (secondary N) is 1. The van der Waals surface area contributed by atoms with Crippen molar-refractivity contribution >= 4 is 16.0 Å². The van der Waals surface area contributed by atoms with Crippen LogP contribution in [-0.2, 0) is 22.2 Å². The predicted octanol–water partition coefficient (Wildman–Crippen LogP) is 2.85. The summed E-state index contributed by atoms with van der Waals surface area (Å²) in [4.78, 5) is 7.15. The van der Waals surface area contributed by atoms with E-state index in [0.717, 1.165) is 12.4 Å². The van der Waals surface area contributed by atoms with Gasteiger partial charge in [0.1, 0.15) is 28.1 Å².